The van der Waals surface area contributed by atoms with Gasteiger partial charge in [-0.2, -0.15) is 5.10 Å². The van der Waals surface area contributed by atoms with Gasteiger partial charge >= 0.3 is 0 Å². The van der Waals surface area contributed by atoms with Crippen molar-refractivity contribution in [2.75, 3.05) is 11.1 Å². The minimum atomic E-state index is -0.203. The van der Waals surface area contributed by atoms with E-state index in [1.165, 1.54) is 11.9 Å². The van der Waals surface area contributed by atoms with E-state index in [4.69, 9.17) is 5.73 Å². The van der Waals surface area contributed by atoms with Crippen molar-refractivity contribution < 1.29 is 0 Å². The number of hydrogen-bond donors (Lipinski definition) is 2. The first-order chi connectivity index (χ1) is 10.4. The molecule has 0 aliphatic carbocycles. The highest BCUT2D eigenvalue weighted by Gasteiger charge is 2.23. The Labute approximate surface area is 129 Å². The summed E-state index contributed by atoms with van der Waals surface area (Å²) in [6, 6.07) is 8.10. The maximum Gasteiger partial charge on any atom is 0.166 e. The Morgan fingerprint density at radius 2 is 1.95 bits per heavy atom. The zero-order valence-corrected chi connectivity index (χ0v) is 13.3. The molecule has 0 amide bonds. The third-order valence-electron chi connectivity index (χ3n) is 3.41. The van der Waals surface area contributed by atoms with Crippen LogP contribution in [-0.2, 0) is 5.54 Å². The summed E-state index contributed by atoms with van der Waals surface area (Å²) >= 11 is 0. The fourth-order valence-corrected chi connectivity index (χ4v) is 2.39. The highest BCUT2D eigenvalue weighted by molar-refractivity contribution is 5.97. The Morgan fingerprint density at radius 3 is 2.64 bits per heavy atom. The molecule has 0 saturated heterocycles. The summed E-state index contributed by atoms with van der Waals surface area (Å²) in [6.45, 7) is 8.28. The molecule has 114 valence electrons. The topological polar surface area (TPSA) is 81.7 Å². The van der Waals surface area contributed by atoms with E-state index in [2.05, 4.69) is 60.2 Å². The maximum atomic E-state index is 6.05. The first-order valence-electron chi connectivity index (χ1n) is 7.19. The van der Waals surface area contributed by atoms with Crippen LogP contribution in [0.1, 0.15) is 26.3 Å². The molecule has 0 spiro atoms. The number of aryl methyl sites for hydroxylation is 1. The Bertz CT molecular complexity index is 828. The van der Waals surface area contributed by atoms with E-state index < -0.39 is 0 Å². The number of nitrogens with one attached hydrogen (secondary N) is 1. The van der Waals surface area contributed by atoms with E-state index in [9.17, 15) is 0 Å². The lowest BCUT2D eigenvalue weighted by Crippen LogP contribution is -2.23. The van der Waals surface area contributed by atoms with E-state index in [0.717, 1.165) is 16.7 Å². The molecule has 22 heavy (non-hydrogen) atoms. The Balaban J connectivity index is 2.17. The summed E-state index contributed by atoms with van der Waals surface area (Å²) in [7, 11) is 0. The summed E-state index contributed by atoms with van der Waals surface area (Å²) in [5.74, 6) is 1.10. The summed E-state index contributed by atoms with van der Waals surface area (Å²) in [5.41, 5.74) is 8.72. The standard InChI is InChI=1S/C16H20N6/c1-10-6-5-7-11(8-10)20-14-12-13(17)18-9-19-15(12)22(21-14)16(2,3)4/h5-9H,1-4H3,(H,20,21)(H2,17,18,19). The molecule has 0 bridgehead atoms. The van der Waals surface area contributed by atoms with Crippen LogP contribution in [0.4, 0.5) is 17.3 Å². The van der Waals surface area contributed by atoms with Gasteiger partial charge in [-0.15, -0.1) is 0 Å². The number of nitrogens with two attached hydrogens (primary N) is 1. The Hall–Kier alpha value is -2.63. The number of nitrogens with zero attached hydrogens (tertiary/aromatic N) is 4. The Kier molecular flexibility index (Phi) is 3.24. The van der Waals surface area contributed by atoms with Crippen molar-refractivity contribution in [3.8, 4) is 0 Å². The fraction of sp³-hybridized carbons (Fsp3) is 0.312. The molecule has 0 unspecified atom stereocenters. The quantitative estimate of drug-likeness (QED) is 0.759. The van der Waals surface area contributed by atoms with Crippen LogP contribution in [0.2, 0.25) is 0 Å². The van der Waals surface area contributed by atoms with Crippen molar-refractivity contribution in [3.05, 3.63) is 36.2 Å². The van der Waals surface area contributed by atoms with Crippen molar-refractivity contribution >= 4 is 28.4 Å². The van der Waals surface area contributed by atoms with E-state index in [1.807, 2.05) is 16.8 Å². The van der Waals surface area contributed by atoms with E-state index in [0.29, 0.717) is 11.6 Å². The molecule has 0 radical (unpaired) electrons. The molecule has 2 heterocycles. The molecular formula is C16H20N6. The van der Waals surface area contributed by atoms with Gasteiger partial charge in [0.2, 0.25) is 0 Å². The smallest absolute Gasteiger partial charge is 0.166 e. The van der Waals surface area contributed by atoms with Gasteiger partial charge in [0.05, 0.1) is 5.54 Å². The van der Waals surface area contributed by atoms with Crippen LogP contribution in [0.3, 0.4) is 0 Å². The van der Waals surface area contributed by atoms with E-state index >= 15 is 0 Å². The Morgan fingerprint density at radius 1 is 1.18 bits per heavy atom. The first-order valence-corrected chi connectivity index (χ1v) is 7.19. The molecule has 3 rings (SSSR count). The lowest BCUT2D eigenvalue weighted by Gasteiger charge is -2.19. The van der Waals surface area contributed by atoms with E-state index in [-0.39, 0.29) is 5.54 Å². The summed E-state index contributed by atoms with van der Waals surface area (Å²) in [6.07, 6.45) is 1.47. The van der Waals surface area contributed by atoms with Crippen molar-refractivity contribution in [2.45, 2.75) is 33.2 Å². The minimum absolute atomic E-state index is 0.203. The van der Waals surface area contributed by atoms with Gasteiger partial charge in [0.15, 0.2) is 11.5 Å². The van der Waals surface area contributed by atoms with E-state index in [1.54, 1.807) is 0 Å². The largest absolute Gasteiger partial charge is 0.383 e. The van der Waals surface area contributed by atoms with Gasteiger partial charge in [-0.05, 0) is 45.4 Å². The van der Waals surface area contributed by atoms with Crippen LogP contribution in [0.15, 0.2) is 30.6 Å². The number of nitrogen functional groups attached to an aromatic ring is 1. The molecule has 6 heteroatoms. The van der Waals surface area contributed by atoms with Crippen LogP contribution in [-0.4, -0.2) is 19.7 Å². The summed E-state index contributed by atoms with van der Waals surface area (Å²) in [4.78, 5) is 8.45. The van der Waals surface area contributed by atoms with Gasteiger partial charge < -0.3 is 11.1 Å². The summed E-state index contributed by atoms with van der Waals surface area (Å²) < 4.78 is 1.87. The van der Waals surface area contributed by atoms with Gasteiger partial charge in [-0.25, -0.2) is 14.6 Å². The molecule has 3 N–H and O–H groups in total. The fourth-order valence-electron chi connectivity index (χ4n) is 2.39. The molecule has 0 atom stereocenters. The second-order valence-corrected chi connectivity index (χ2v) is 6.38. The lowest BCUT2D eigenvalue weighted by molar-refractivity contribution is 0.367. The molecule has 0 fully saturated rings. The number of anilines is 3. The second kappa shape index (κ2) is 4.98. The molecule has 0 aliphatic heterocycles. The van der Waals surface area contributed by atoms with Gasteiger partial charge in [0.25, 0.3) is 0 Å². The van der Waals surface area contributed by atoms with Crippen molar-refractivity contribution in [2.24, 2.45) is 0 Å². The predicted molar refractivity (Wildman–Crippen MR) is 89.2 cm³/mol. The lowest BCUT2D eigenvalue weighted by atomic mass is 10.1. The zero-order chi connectivity index (χ0) is 15.9. The third kappa shape index (κ3) is 2.47. The van der Waals surface area contributed by atoms with Crippen LogP contribution in [0.25, 0.3) is 11.0 Å². The van der Waals surface area contributed by atoms with Crippen LogP contribution >= 0.6 is 0 Å². The average molecular weight is 296 g/mol. The first kappa shape index (κ1) is 14.3. The molecule has 3 aromatic rings. The second-order valence-electron chi connectivity index (χ2n) is 6.38. The van der Waals surface area contributed by atoms with Crippen LogP contribution in [0.5, 0.6) is 0 Å². The molecule has 1 aromatic carbocycles. The van der Waals surface area contributed by atoms with Gasteiger partial charge in [-0.3, -0.25) is 0 Å². The number of fused-ring (bicyclic) bond motifs is 1. The molecule has 0 aliphatic rings. The molecule has 6 nitrogen and oxygen atoms in total. The average Bonchev–Trinajstić information content (AvgIpc) is 2.79. The third-order valence-corrected chi connectivity index (χ3v) is 3.41. The number of hydrogen-bond acceptors (Lipinski definition) is 5. The highest BCUT2D eigenvalue weighted by atomic mass is 15.4. The molecule has 0 saturated carbocycles. The van der Waals surface area contributed by atoms with Gasteiger partial charge in [0.1, 0.15) is 17.5 Å². The molecular weight excluding hydrogens is 276 g/mol. The van der Waals surface area contributed by atoms with Gasteiger partial charge in [-0.1, -0.05) is 12.1 Å². The maximum absolute atomic E-state index is 6.05. The number of rotatable bonds is 2. The zero-order valence-electron chi connectivity index (χ0n) is 13.3. The number of benzene rings is 1. The highest BCUT2D eigenvalue weighted by Crippen LogP contribution is 2.31. The molecule has 2 aromatic heterocycles. The van der Waals surface area contributed by atoms with Gasteiger partial charge in [0, 0.05) is 5.69 Å². The van der Waals surface area contributed by atoms with Crippen molar-refractivity contribution in [3.63, 3.8) is 0 Å². The van der Waals surface area contributed by atoms with Crippen molar-refractivity contribution in [1.29, 1.82) is 0 Å². The monoisotopic (exact) mass is 296 g/mol. The van der Waals surface area contributed by atoms with Crippen LogP contribution < -0.4 is 11.1 Å². The summed E-state index contributed by atoms with van der Waals surface area (Å²) in [5, 5.41) is 8.75. The number of aromatic nitrogens is 4. The van der Waals surface area contributed by atoms with Crippen molar-refractivity contribution in [1.82, 2.24) is 19.7 Å². The SMILES string of the molecule is Cc1cccc(Nc2nn(C(C)(C)C)c3ncnc(N)c23)c1. The predicted octanol–water partition coefficient (Wildman–Crippen LogP) is 3.22. The minimum Gasteiger partial charge on any atom is -0.383 e. The normalized spacial score (nSPS) is 11.8. The van der Waals surface area contributed by atoms with Crippen LogP contribution in [0, 0.1) is 6.92 Å².